The van der Waals surface area contributed by atoms with Crippen LogP contribution in [0, 0.1) is 0 Å². The van der Waals surface area contributed by atoms with Crippen LogP contribution in [0.1, 0.15) is 0 Å². The van der Waals surface area contributed by atoms with Gasteiger partial charge in [0.05, 0.1) is 4.47 Å². The van der Waals surface area contributed by atoms with E-state index in [0.29, 0.717) is 10.1 Å². The molecule has 0 aliphatic rings. The first-order valence-electron chi connectivity index (χ1n) is 2.97. The fraction of sp³-hybridized carbons (Fsp3) is 0. The van der Waals surface area contributed by atoms with Crippen LogP contribution in [0.5, 0.6) is 0 Å². The monoisotopic (exact) mass is 248 g/mol. The van der Waals surface area contributed by atoms with E-state index >= 15 is 0 Å². The molecule has 0 radical (unpaired) electrons. The molecule has 0 aliphatic carbocycles. The first kappa shape index (κ1) is 7.75. The van der Waals surface area contributed by atoms with Crippen molar-refractivity contribution in [2.24, 2.45) is 0 Å². The van der Waals surface area contributed by atoms with Crippen LogP contribution in [0.15, 0.2) is 15.5 Å². The fourth-order valence-corrected chi connectivity index (χ4v) is 1.43. The number of hydrogen-bond acceptors (Lipinski definition) is 3. The first-order chi connectivity index (χ1) is 5.70. The molecule has 2 aromatic rings. The van der Waals surface area contributed by atoms with Gasteiger partial charge in [0.2, 0.25) is 5.28 Å². The van der Waals surface area contributed by atoms with Gasteiger partial charge >= 0.3 is 5.69 Å². The summed E-state index contributed by atoms with van der Waals surface area (Å²) in [7, 11) is 0. The van der Waals surface area contributed by atoms with Gasteiger partial charge in [-0.1, -0.05) is 0 Å². The van der Waals surface area contributed by atoms with E-state index < -0.39 is 5.69 Å². The molecule has 2 heterocycles. The number of halogens is 2. The first-order valence-corrected chi connectivity index (χ1v) is 4.14. The number of aromatic nitrogens is 4. The minimum Gasteiger partial charge on any atom is -0.246 e. The summed E-state index contributed by atoms with van der Waals surface area (Å²) in [4.78, 5) is 14.8. The SMILES string of the molecule is O=c1[nH]nc2c(Br)cnc(Cl)n12. The second-order valence-electron chi connectivity index (χ2n) is 2.06. The van der Waals surface area contributed by atoms with Gasteiger partial charge in [-0.3, -0.25) is 0 Å². The Balaban J connectivity index is 3.09. The normalized spacial score (nSPS) is 10.8. The zero-order chi connectivity index (χ0) is 8.72. The maximum Gasteiger partial charge on any atom is 0.350 e. The van der Waals surface area contributed by atoms with Crippen molar-refractivity contribution >= 4 is 33.2 Å². The van der Waals surface area contributed by atoms with Crippen LogP contribution in [0.4, 0.5) is 0 Å². The van der Waals surface area contributed by atoms with E-state index in [9.17, 15) is 4.79 Å². The molecular formula is C5H2BrClN4O. The molecule has 0 aliphatic heterocycles. The second kappa shape index (κ2) is 2.56. The molecule has 7 heteroatoms. The Kier molecular flexibility index (Phi) is 1.66. The Hall–Kier alpha value is -0.880. The smallest absolute Gasteiger partial charge is 0.246 e. The molecule has 0 amide bonds. The quantitative estimate of drug-likeness (QED) is 0.704. The average molecular weight is 249 g/mol. The average Bonchev–Trinajstić information content (AvgIpc) is 2.42. The molecule has 62 valence electrons. The zero-order valence-corrected chi connectivity index (χ0v) is 7.93. The van der Waals surface area contributed by atoms with Gasteiger partial charge in [0.1, 0.15) is 0 Å². The molecule has 0 fully saturated rings. The summed E-state index contributed by atoms with van der Waals surface area (Å²) in [5, 5.41) is 6.08. The topological polar surface area (TPSA) is 63.0 Å². The van der Waals surface area contributed by atoms with Crippen molar-refractivity contribution < 1.29 is 0 Å². The molecule has 0 aromatic carbocycles. The second-order valence-corrected chi connectivity index (χ2v) is 3.26. The Bertz CT molecular complexity index is 490. The van der Waals surface area contributed by atoms with Gasteiger partial charge in [-0.05, 0) is 27.5 Å². The highest BCUT2D eigenvalue weighted by Gasteiger charge is 2.07. The fourth-order valence-electron chi connectivity index (χ4n) is 0.854. The predicted molar refractivity (Wildman–Crippen MR) is 46.3 cm³/mol. The third-order valence-electron chi connectivity index (χ3n) is 1.35. The third kappa shape index (κ3) is 0.953. The van der Waals surface area contributed by atoms with Gasteiger partial charge in [0.15, 0.2) is 5.65 Å². The molecule has 2 rings (SSSR count). The number of nitrogens with zero attached hydrogens (tertiary/aromatic N) is 3. The van der Waals surface area contributed by atoms with Crippen molar-refractivity contribution in [1.29, 1.82) is 0 Å². The molecule has 0 saturated heterocycles. The van der Waals surface area contributed by atoms with E-state index in [1.807, 2.05) is 0 Å². The minimum atomic E-state index is -0.399. The van der Waals surface area contributed by atoms with Gasteiger partial charge < -0.3 is 0 Å². The summed E-state index contributed by atoms with van der Waals surface area (Å²) >= 11 is 8.83. The summed E-state index contributed by atoms with van der Waals surface area (Å²) in [6.45, 7) is 0. The maximum absolute atomic E-state index is 11.1. The van der Waals surface area contributed by atoms with Crippen molar-refractivity contribution in [3.05, 3.63) is 26.4 Å². The van der Waals surface area contributed by atoms with Crippen LogP contribution in [0.3, 0.4) is 0 Å². The van der Waals surface area contributed by atoms with Crippen LogP contribution in [-0.2, 0) is 0 Å². The lowest BCUT2D eigenvalue weighted by atomic mass is 10.6. The summed E-state index contributed by atoms with van der Waals surface area (Å²) in [5.74, 6) is 0. The molecular weight excluding hydrogens is 247 g/mol. The standard InChI is InChI=1S/C5H2BrClN4O/c6-2-1-8-4(7)11-3(2)9-10-5(11)12/h1H,(H,10,12). The van der Waals surface area contributed by atoms with Crippen LogP contribution in [0.2, 0.25) is 5.28 Å². The number of H-pyrrole nitrogens is 1. The summed E-state index contributed by atoms with van der Waals surface area (Å²) in [5.41, 5.74) is 0.0313. The van der Waals surface area contributed by atoms with Crippen LogP contribution >= 0.6 is 27.5 Å². The molecule has 0 saturated carbocycles. The molecule has 0 bridgehead atoms. The molecule has 1 N–H and O–H groups in total. The van der Waals surface area contributed by atoms with Gasteiger partial charge in [-0.15, -0.1) is 0 Å². The summed E-state index contributed by atoms with van der Waals surface area (Å²) in [6.07, 6.45) is 1.48. The Morgan fingerprint density at radius 1 is 1.67 bits per heavy atom. The van der Waals surface area contributed by atoms with E-state index in [1.54, 1.807) is 0 Å². The van der Waals surface area contributed by atoms with Crippen molar-refractivity contribution in [2.45, 2.75) is 0 Å². The lowest BCUT2D eigenvalue weighted by Gasteiger charge is -1.94. The van der Waals surface area contributed by atoms with Crippen molar-refractivity contribution in [1.82, 2.24) is 19.6 Å². The van der Waals surface area contributed by atoms with Crippen molar-refractivity contribution in [3.8, 4) is 0 Å². The molecule has 0 spiro atoms. The van der Waals surface area contributed by atoms with E-state index in [4.69, 9.17) is 11.6 Å². The third-order valence-corrected chi connectivity index (χ3v) is 2.18. The maximum atomic E-state index is 11.1. The lowest BCUT2D eigenvalue weighted by molar-refractivity contribution is 0.995. The van der Waals surface area contributed by atoms with Crippen LogP contribution < -0.4 is 5.69 Å². The van der Waals surface area contributed by atoms with Gasteiger partial charge in [-0.2, -0.15) is 5.10 Å². The molecule has 5 nitrogen and oxygen atoms in total. The Morgan fingerprint density at radius 3 is 3.08 bits per heavy atom. The Labute approximate surface area is 79.5 Å². The number of rotatable bonds is 0. The number of fused-ring (bicyclic) bond motifs is 1. The molecule has 12 heavy (non-hydrogen) atoms. The Morgan fingerprint density at radius 2 is 2.42 bits per heavy atom. The van der Waals surface area contributed by atoms with E-state index in [2.05, 4.69) is 31.1 Å². The van der Waals surface area contributed by atoms with E-state index in [-0.39, 0.29) is 5.28 Å². The molecule has 2 aromatic heterocycles. The van der Waals surface area contributed by atoms with Gasteiger partial charge in [0.25, 0.3) is 0 Å². The predicted octanol–water partition coefficient (Wildman–Crippen LogP) is 0.833. The summed E-state index contributed by atoms with van der Waals surface area (Å²) in [6, 6.07) is 0. The molecule has 0 unspecified atom stereocenters. The van der Waals surface area contributed by atoms with Crippen LogP contribution in [0.25, 0.3) is 5.65 Å². The van der Waals surface area contributed by atoms with Crippen molar-refractivity contribution in [3.63, 3.8) is 0 Å². The highest BCUT2D eigenvalue weighted by molar-refractivity contribution is 9.10. The van der Waals surface area contributed by atoms with Crippen LogP contribution in [-0.4, -0.2) is 19.6 Å². The van der Waals surface area contributed by atoms with E-state index in [1.165, 1.54) is 10.6 Å². The summed E-state index contributed by atoms with van der Waals surface area (Å²) < 4.78 is 1.79. The number of hydrogen-bond donors (Lipinski definition) is 1. The highest BCUT2D eigenvalue weighted by Crippen LogP contribution is 2.15. The lowest BCUT2D eigenvalue weighted by Crippen LogP contribution is -2.10. The van der Waals surface area contributed by atoms with Gasteiger partial charge in [0, 0.05) is 6.20 Å². The number of nitrogens with one attached hydrogen (secondary N) is 1. The highest BCUT2D eigenvalue weighted by atomic mass is 79.9. The number of aromatic amines is 1. The molecule has 0 atom stereocenters. The van der Waals surface area contributed by atoms with Crippen molar-refractivity contribution in [2.75, 3.05) is 0 Å². The minimum absolute atomic E-state index is 0.0898. The zero-order valence-electron chi connectivity index (χ0n) is 5.58. The largest absolute Gasteiger partial charge is 0.350 e. The van der Waals surface area contributed by atoms with E-state index in [0.717, 1.165) is 0 Å². The van der Waals surface area contributed by atoms with Gasteiger partial charge in [-0.25, -0.2) is 19.3 Å².